The van der Waals surface area contributed by atoms with Crippen molar-refractivity contribution < 1.29 is 18.0 Å². The predicted molar refractivity (Wildman–Crippen MR) is 132 cm³/mol. The monoisotopic (exact) mass is 484 g/mol. The Morgan fingerprint density at radius 2 is 1.54 bits per heavy atom. The lowest BCUT2D eigenvalue weighted by Crippen LogP contribution is -2.52. The highest BCUT2D eigenvalue weighted by Gasteiger charge is 2.38. The third-order valence-corrected chi connectivity index (χ3v) is 8.32. The lowest BCUT2D eigenvalue weighted by Gasteiger charge is -2.43. The first-order valence-electron chi connectivity index (χ1n) is 13.2. The molecule has 0 bridgehead atoms. The number of rotatable bonds is 4. The van der Waals surface area contributed by atoms with Crippen molar-refractivity contribution in [2.24, 2.45) is 5.92 Å². The summed E-state index contributed by atoms with van der Waals surface area (Å²) in [5.41, 5.74) is 2.25. The van der Waals surface area contributed by atoms with Gasteiger partial charge in [-0.05, 0) is 80.8 Å². The number of likely N-dealkylation sites (tertiary alicyclic amines) is 1. The van der Waals surface area contributed by atoms with Crippen LogP contribution in [-0.4, -0.2) is 36.5 Å². The van der Waals surface area contributed by atoms with Gasteiger partial charge in [-0.2, -0.15) is 13.2 Å². The Labute approximate surface area is 206 Å². The number of fused-ring (bicyclic) bond motifs is 1. The molecule has 2 aliphatic heterocycles. The van der Waals surface area contributed by atoms with Crippen molar-refractivity contribution in [2.45, 2.75) is 75.9 Å². The fraction of sp³-hybridized carbons (Fsp3) is 0.552. The Morgan fingerprint density at radius 3 is 2.29 bits per heavy atom. The number of piperidine rings is 1. The summed E-state index contributed by atoms with van der Waals surface area (Å²) in [5.74, 6) is 0.314. The van der Waals surface area contributed by atoms with Gasteiger partial charge in [0.15, 0.2) is 0 Å². The minimum Gasteiger partial charge on any atom is -0.308 e. The van der Waals surface area contributed by atoms with Crippen molar-refractivity contribution in [1.29, 1.82) is 0 Å². The highest BCUT2D eigenvalue weighted by molar-refractivity contribution is 5.97. The number of aryl methyl sites for hydroxylation is 1. The zero-order valence-corrected chi connectivity index (χ0v) is 20.3. The van der Waals surface area contributed by atoms with Gasteiger partial charge in [-0.3, -0.25) is 4.79 Å². The van der Waals surface area contributed by atoms with Crippen molar-refractivity contribution in [3.8, 4) is 0 Å². The normalized spacial score (nSPS) is 22.7. The number of para-hydroxylation sites is 1. The van der Waals surface area contributed by atoms with Crippen LogP contribution in [0.3, 0.4) is 0 Å². The Morgan fingerprint density at radius 1 is 0.857 bits per heavy atom. The van der Waals surface area contributed by atoms with Gasteiger partial charge in [0.05, 0.1) is 5.56 Å². The molecule has 3 nitrogen and oxygen atoms in total. The second kappa shape index (κ2) is 10.3. The topological polar surface area (TPSA) is 23.6 Å². The fourth-order valence-electron chi connectivity index (χ4n) is 6.46. The average Bonchev–Trinajstić information content (AvgIpc) is 2.89. The molecule has 0 radical (unpaired) electrons. The minimum atomic E-state index is -4.32. The zero-order chi connectivity index (χ0) is 24.4. The molecule has 5 rings (SSSR count). The van der Waals surface area contributed by atoms with E-state index in [1.807, 2.05) is 12.1 Å². The fourth-order valence-corrected chi connectivity index (χ4v) is 6.46. The maximum atomic E-state index is 13.7. The summed E-state index contributed by atoms with van der Waals surface area (Å²) in [6.07, 6.45) is 4.45. The molecular formula is C29H35F3N2O. The van der Waals surface area contributed by atoms with Crippen LogP contribution in [-0.2, 0) is 17.4 Å². The minimum absolute atomic E-state index is 0.0730. The van der Waals surface area contributed by atoms with Crippen LogP contribution in [0.2, 0.25) is 0 Å². The lowest BCUT2D eigenvalue weighted by atomic mass is 9.85. The first-order valence-corrected chi connectivity index (χ1v) is 13.2. The third-order valence-electron chi connectivity index (χ3n) is 8.32. The molecule has 1 aliphatic carbocycles. The Balaban J connectivity index is 1.29. The molecule has 1 saturated carbocycles. The molecule has 1 amide bonds. The summed E-state index contributed by atoms with van der Waals surface area (Å²) in [5, 5.41) is 0. The molecule has 6 heteroatoms. The quantitative estimate of drug-likeness (QED) is 0.476. The van der Waals surface area contributed by atoms with Gasteiger partial charge in [0, 0.05) is 24.2 Å². The van der Waals surface area contributed by atoms with Crippen molar-refractivity contribution in [3.63, 3.8) is 0 Å². The van der Waals surface area contributed by atoms with Crippen LogP contribution in [0.1, 0.15) is 74.0 Å². The number of nitrogens with zero attached hydrogens (tertiary/aromatic N) is 2. The molecule has 0 aromatic heterocycles. The zero-order valence-electron chi connectivity index (χ0n) is 20.3. The van der Waals surface area contributed by atoms with Crippen molar-refractivity contribution in [2.75, 3.05) is 24.5 Å². The van der Waals surface area contributed by atoms with E-state index < -0.39 is 11.7 Å². The van der Waals surface area contributed by atoms with Gasteiger partial charge in [0.2, 0.25) is 5.91 Å². The van der Waals surface area contributed by atoms with Gasteiger partial charge in [0.1, 0.15) is 0 Å². The summed E-state index contributed by atoms with van der Waals surface area (Å²) < 4.78 is 40.6. The van der Waals surface area contributed by atoms with E-state index in [1.165, 1.54) is 24.1 Å². The molecule has 188 valence electrons. The van der Waals surface area contributed by atoms with E-state index in [4.69, 9.17) is 0 Å². The summed E-state index contributed by atoms with van der Waals surface area (Å²) in [6, 6.07) is 14.4. The van der Waals surface area contributed by atoms with E-state index in [-0.39, 0.29) is 23.8 Å². The Hall–Kier alpha value is -2.34. The summed E-state index contributed by atoms with van der Waals surface area (Å²) in [7, 11) is 0. The number of anilines is 1. The first-order chi connectivity index (χ1) is 16.9. The number of alkyl halides is 3. The van der Waals surface area contributed by atoms with Crippen LogP contribution in [0.5, 0.6) is 0 Å². The van der Waals surface area contributed by atoms with Crippen LogP contribution >= 0.6 is 0 Å². The van der Waals surface area contributed by atoms with Crippen LogP contribution in [0.15, 0.2) is 48.5 Å². The molecule has 2 heterocycles. The number of benzene rings is 2. The molecule has 1 atom stereocenters. The van der Waals surface area contributed by atoms with Crippen molar-refractivity contribution in [1.82, 2.24) is 4.90 Å². The number of hydrogen-bond donors (Lipinski definition) is 0. The van der Waals surface area contributed by atoms with Crippen LogP contribution in [0.25, 0.3) is 0 Å². The van der Waals surface area contributed by atoms with E-state index >= 15 is 0 Å². The number of halogens is 3. The highest BCUT2D eigenvalue weighted by Crippen LogP contribution is 2.39. The largest absolute Gasteiger partial charge is 0.416 e. The van der Waals surface area contributed by atoms with E-state index in [1.54, 1.807) is 12.1 Å². The van der Waals surface area contributed by atoms with Crippen LogP contribution in [0, 0.1) is 5.92 Å². The maximum Gasteiger partial charge on any atom is 0.416 e. The summed E-state index contributed by atoms with van der Waals surface area (Å²) in [4.78, 5) is 18.2. The summed E-state index contributed by atoms with van der Waals surface area (Å²) >= 11 is 0. The average molecular weight is 485 g/mol. The molecule has 1 unspecified atom stereocenters. The van der Waals surface area contributed by atoms with Gasteiger partial charge in [0.25, 0.3) is 0 Å². The molecular weight excluding hydrogens is 449 g/mol. The van der Waals surface area contributed by atoms with Crippen LogP contribution in [0.4, 0.5) is 18.9 Å². The lowest BCUT2D eigenvalue weighted by molar-refractivity contribution is -0.138. The smallest absolute Gasteiger partial charge is 0.308 e. The second-order valence-electron chi connectivity index (χ2n) is 10.5. The van der Waals surface area contributed by atoms with Gasteiger partial charge in [-0.1, -0.05) is 55.7 Å². The maximum absolute atomic E-state index is 13.7. The number of hydrogen-bond acceptors (Lipinski definition) is 2. The Bertz CT molecular complexity index is 1020. The number of carbonyl (C=O) groups is 1. The molecule has 0 N–H and O–H groups in total. The summed E-state index contributed by atoms with van der Waals surface area (Å²) in [6.45, 7) is 2.32. The van der Waals surface area contributed by atoms with Gasteiger partial charge in [-0.25, -0.2) is 0 Å². The van der Waals surface area contributed by atoms with E-state index in [9.17, 15) is 18.0 Å². The van der Waals surface area contributed by atoms with Crippen molar-refractivity contribution >= 4 is 11.6 Å². The second-order valence-corrected chi connectivity index (χ2v) is 10.5. The number of carbonyl (C=O) groups excluding carboxylic acids is 1. The van der Waals surface area contributed by atoms with Crippen LogP contribution < -0.4 is 4.90 Å². The highest BCUT2D eigenvalue weighted by atomic mass is 19.4. The standard InChI is InChI=1S/C29H35F3N2O/c30-29(31,32)26-12-6-5-11-25(26)21-16-18-33(19-17-21)20-24-15-14-22-8-4-7-13-27(22)34(24)28(35)23-9-2-1-3-10-23/h4-8,11-13,21,23-24H,1-3,9-10,14-20H2. The molecule has 35 heavy (non-hydrogen) atoms. The molecule has 3 aliphatic rings. The predicted octanol–water partition coefficient (Wildman–Crippen LogP) is 6.81. The molecule has 2 aromatic carbocycles. The van der Waals surface area contributed by atoms with E-state index in [0.29, 0.717) is 18.4 Å². The van der Waals surface area contributed by atoms with Gasteiger partial charge in [-0.15, -0.1) is 0 Å². The Kier molecular flexibility index (Phi) is 7.19. The van der Waals surface area contributed by atoms with Gasteiger partial charge < -0.3 is 9.80 Å². The SMILES string of the molecule is O=C(C1CCCCC1)N1c2ccccc2CCC1CN1CCC(c2ccccc2C(F)(F)F)CC1. The third kappa shape index (κ3) is 5.28. The van der Waals surface area contributed by atoms with Gasteiger partial charge >= 0.3 is 6.18 Å². The van der Waals surface area contributed by atoms with E-state index in [2.05, 4.69) is 21.9 Å². The molecule has 2 fully saturated rings. The first kappa shape index (κ1) is 24.4. The van der Waals surface area contributed by atoms with Crippen molar-refractivity contribution in [3.05, 3.63) is 65.2 Å². The molecule has 1 saturated heterocycles. The number of amides is 1. The van der Waals surface area contributed by atoms with E-state index in [0.717, 1.165) is 63.8 Å². The molecule has 2 aromatic rings. The molecule has 0 spiro atoms.